The van der Waals surface area contributed by atoms with E-state index in [1.54, 1.807) is 0 Å². The average Bonchev–Trinajstić information content (AvgIpc) is 3.22. The van der Waals surface area contributed by atoms with E-state index in [1.165, 1.54) is 11.1 Å². The van der Waals surface area contributed by atoms with Gasteiger partial charge in [0.2, 0.25) is 5.91 Å². The Bertz CT molecular complexity index is 742. The Morgan fingerprint density at radius 3 is 3.12 bits per heavy atom. The zero-order chi connectivity index (χ0) is 16.5. The van der Waals surface area contributed by atoms with Crippen molar-refractivity contribution < 1.29 is 9.53 Å². The van der Waals surface area contributed by atoms with Crippen molar-refractivity contribution in [2.45, 2.75) is 38.2 Å². The Labute approximate surface area is 141 Å². The summed E-state index contributed by atoms with van der Waals surface area (Å²) in [6.45, 7) is 3.57. The third kappa shape index (κ3) is 2.94. The number of benzene rings is 1. The van der Waals surface area contributed by atoms with Crippen LogP contribution in [-0.4, -0.2) is 45.7 Å². The number of carbonyl (C=O) groups excluding carboxylic acids is 1. The van der Waals surface area contributed by atoms with E-state index >= 15 is 0 Å². The smallest absolute Gasteiger partial charge is 0.223 e. The summed E-state index contributed by atoms with van der Waals surface area (Å²) in [5.74, 6) is 1.95. The standard InChI is InChI=1S/C18H22N4O2/c1-12-19-18(21-20-12)16-11-22(8-9-24-16)17(23)10-14-7-6-13-4-2-3-5-15(13)14/h2-5,14,16H,6-11H2,1H3,(H,19,20,21). The molecule has 1 N–H and O–H groups in total. The van der Waals surface area contributed by atoms with Crippen molar-refractivity contribution in [3.8, 4) is 0 Å². The van der Waals surface area contributed by atoms with Gasteiger partial charge in [-0.2, -0.15) is 5.10 Å². The van der Waals surface area contributed by atoms with Crippen LogP contribution in [-0.2, 0) is 16.0 Å². The van der Waals surface area contributed by atoms with Crippen molar-refractivity contribution in [1.29, 1.82) is 0 Å². The van der Waals surface area contributed by atoms with Gasteiger partial charge >= 0.3 is 0 Å². The van der Waals surface area contributed by atoms with Crippen molar-refractivity contribution in [3.05, 3.63) is 47.0 Å². The molecule has 2 aliphatic rings. The van der Waals surface area contributed by atoms with Crippen LogP contribution < -0.4 is 0 Å². The first kappa shape index (κ1) is 15.3. The second kappa shape index (κ2) is 6.36. The van der Waals surface area contributed by atoms with E-state index in [0.29, 0.717) is 37.9 Å². The van der Waals surface area contributed by atoms with E-state index in [1.807, 2.05) is 11.8 Å². The maximum Gasteiger partial charge on any atom is 0.223 e. The largest absolute Gasteiger partial charge is 0.366 e. The van der Waals surface area contributed by atoms with Crippen LogP contribution in [0.3, 0.4) is 0 Å². The van der Waals surface area contributed by atoms with Gasteiger partial charge in [0.15, 0.2) is 5.82 Å². The Balaban J connectivity index is 1.41. The molecule has 126 valence electrons. The summed E-state index contributed by atoms with van der Waals surface area (Å²) in [5, 5.41) is 7.00. The predicted molar refractivity (Wildman–Crippen MR) is 88.5 cm³/mol. The van der Waals surface area contributed by atoms with E-state index in [0.717, 1.165) is 18.7 Å². The number of nitrogens with one attached hydrogen (secondary N) is 1. The minimum Gasteiger partial charge on any atom is -0.366 e. The maximum absolute atomic E-state index is 12.8. The van der Waals surface area contributed by atoms with E-state index < -0.39 is 0 Å². The molecule has 1 aromatic carbocycles. The molecule has 0 spiro atoms. The van der Waals surface area contributed by atoms with Gasteiger partial charge < -0.3 is 9.64 Å². The molecule has 1 aliphatic heterocycles. The highest BCUT2D eigenvalue weighted by atomic mass is 16.5. The summed E-state index contributed by atoms with van der Waals surface area (Å²) in [6.07, 6.45) is 2.50. The van der Waals surface area contributed by atoms with E-state index in [2.05, 4.69) is 39.4 Å². The normalized spacial score (nSPS) is 23.3. The number of carbonyl (C=O) groups is 1. The fourth-order valence-electron chi connectivity index (χ4n) is 3.73. The van der Waals surface area contributed by atoms with Crippen LogP contribution in [0, 0.1) is 6.92 Å². The van der Waals surface area contributed by atoms with Crippen LogP contribution in [0.1, 0.15) is 47.6 Å². The van der Waals surface area contributed by atoms with Crippen LogP contribution in [0.5, 0.6) is 0 Å². The molecule has 1 amide bonds. The summed E-state index contributed by atoms with van der Waals surface area (Å²) in [6, 6.07) is 8.49. The number of H-pyrrole nitrogens is 1. The molecule has 1 fully saturated rings. The summed E-state index contributed by atoms with van der Waals surface area (Å²) in [5.41, 5.74) is 2.74. The molecule has 0 bridgehead atoms. The molecular weight excluding hydrogens is 304 g/mol. The van der Waals surface area contributed by atoms with Gasteiger partial charge in [-0.1, -0.05) is 24.3 Å². The molecule has 4 rings (SSSR count). The number of hydrogen-bond acceptors (Lipinski definition) is 4. The number of amides is 1. The SMILES string of the molecule is Cc1nc(C2CN(C(=O)CC3CCc4ccccc43)CCO2)n[nH]1. The van der Waals surface area contributed by atoms with Crippen molar-refractivity contribution in [3.63, 3.8) is 0 Å². The molecule has 2 aromatic rings. The number of rotatable bonds is 3. The molecule has 0 saturated carbocycles. The zero-order valence-corrected chi connectivity index (χ0v) is 13.9. The fourth-order valence-corrected chi connectivity index (χ4v) is 3.73. The van der Waals surface area contributed by atoms with Gasteiger partial charge in [0.25, 0.3) is 0 Å². The highest BCUT2D eigenvalue weighted by molar-refractivity contribution is 5.77. The number of hydrogen-bond donors (Lipinski definition) is 1. The number of aryl methyl sites for hydroxylation is 2. The summed E-state index contributed by atoms with van der Waals surface area (Å²) in [4.78, 5) is 19.0. The molecule has 0 radical (unpaired) electrons. The molecule has 2 heterocycles. The predicted octanol–water partition coefficient (Wildman–Crippen LogP) is 2.13. The molecule has 6 nitrogen and oxygen atoms in total. The maximum atomic E-state index is 12.8. The van der Waals surface area contributed by atoms with E-state index in [9.17, 15) is 4.79 Å². The summed E-state index contributed by atoms with van der Waals surface area (Å²) in [7, 11) is 0. The Morgan fingerprint density at radius 2 is 2.29 bits per heavy atom. The lowest BCUT2D eigenvalue weighted by Crippen LogP contribution is -2.42. The topological polar surface area (TPSA) is 71.1 Å². The number of fused-ring (bicyclic) bond motifs is 1. The molecule has 24 heavy (non-hydrogen) atoms. The van der Waals surface area contributed by atoms with Crippen molar-refractivity contribution >= 4 is 5.91 Å². The van der Waals surface area contributed by atoms with Crippen molar-refractivity contribution in [1.82, 2.24) is 20.1 Å². The third-order valence-corrected chi connectivity index (χ3v) is 5.00. The number of nitrogens with zero attached hydrogens (tertiary/aromatic N) is 3. The number of aromatic nitrogens is 3. The second-order valence-corrected chi connectivity index (χ2v) is 6.62. The van der Waals surface area contributed by atoms with E-state index in [-0.39, 0.29) is 12.0 Å². The van der Waals surface area contributed by atoms with Gasteiger partial charge in [-0.05, 0) is 36.8 Å². The molecular formula is C18H22N4O2. The fraction of sp³-hybridized carbons (Fsp3) is 0.500. The monoisotopic (exact) mass is 326 g/mol. The Hall–Kier alpha value is -2.21. The Morgan fingerprint density at radius 1 is 1.42 bits per heavy atom. The van der Waals surface area contributed by atoms with E-state index in [4.69, 9.17) is 4.74 Å². The molecule has 2 unspecified atom stereocenters. The number of morpholine rings is 1. The van der Waals surface area contributed by atoms with Gasteiger partial charge in [0, 0.05) is 13.0 Å². The number of ether oxygens (including phenoxy) is 1. The molecule has 1 aliphatic carbocycles. The average molecular weight is 326 g/mol. The summed E-state index contributed by atoms with van der Waals surface area (Å²) < 4.78 is 5.75. The molecule has 1 saturated heterocycles. The Kier molecular flexibility index (Phi) is 4.06. The second-order valence-electron chi connectivity index (χ2n) is 6.62. The van der Waals surface area contributed by atoms with Crippen LogP contribution in [0.25, 0.3) is 0 Å². The first-order chi connectivity index (χ1) is 11.7. The van der Waals surface area contributed by atoms with Crippen molar-refractivity contribution in [2.75, 3.05) is 19.7 Å². The summed E-state index contributed by atoms with van der Waals surface area (Å²) >= 11 is 0. The van der Waals surface area contributed by atoms with Gasteiger partial charge in [-0.25, -0.2) is 4.98 Å². The lowest BCUT2D eigenvalue weighted by molar-refractivity contribution is -0.139. The minimum atomic E-state index is -0.233. The third-order valence-electron chi connectivity index (χ3n) is 5.00. The lowest BCUT2D eigenvalue weighted by atomic mass is 9.97. The van der Waals surface area contributed by atoms with Gasteiger partial charge in [0.05, 0.1) is 13.2 Å². The quantitative estimate of drug-likeness (QED) is 0.938. The van der Waals surface area contributed by atoms with Gasteiger partial charge in [-0.3, -0.25) is 9.89 Å². The van der Waals surface area contributed by atoms with Gasteiger partial charge in [-0.15, -0.1) is 0 Å². The highest BCUT2D eigenvalue weighted by Gasteiger charge is 2.31. The first-order valence-corrected chi connectivity index (χ1v) is 8.57. The molecule has 2 atom stereocenters. The lowest BCUT2D eigenvalue weighted by Gasteiger charge is -2.32. The molecule has 1 aromatic heterocycles. The van der Waals surface area contributed by atoms with Crippen LogP contribution in [0.2, 0.25) is 0 Å². The minimum absolute atomic E-state index is 0.206. The molecule has 6 heteroatoms. The highest BCUT2D eigenvalue weighted by Crippen LogP contribution is 2.35. The number of aromatic amines is 1. The van der Waals surface area contributed by atoms with Crippen molar-refractivity contribution in [2.24, 2.45) is 0 Å². The zero-order valence-electron chi connectivity index (χ0n) is 13.9. The van der Waals surface area contributed by atoms with Crippen LogP contribution >= 0.6 is 0 Å². The van der Waals surface area contributed by atoms with Crippen LogP contribution in [0.4, 0.5) is 0 Å². The van der Waals surface area contributed by atoms with Crippen LogP contribution in [0.15, 0.2) is 24.3 Å². The first-order valence-electron chi connectivity index (χ1n) is 8.57. The van der Waals surface area contributed by atoms with Gasteiger partial charge in [0.1, 0.15) is 11.9 Å².